The van der Waals surface area contributed by atoms with Crippen LogP contribution in [0.2, 0.25) is 10.0 Å². The van der Waals surface area contributed by atoms with Crippen LogP contribution < -0.4 is 16.3 Å². The number of aromatic nitrogens is 1. The molecule has 158 valence electrons. The minimum atomic E-state index is -0.410. The minimum Gasteiger partial charge on any atom is -0.486 e. The molecule has 0 radical (unpaired) electrons. The van der Waals surface area contributed by atoms with Crippen molar-refractivity contribution >= 4 is 34.8 Å². The van der Waals surface area contributed by atoms with Gasteiger partial charge >= 0.3 is 0 Å². The highest BCUT2D eigenvalue weighted by atomic mass is 35.5. The summed E-state index contributed by atoms with van der Waals surface area (Å²) in [6.45, 7) is 2.26. The van der Waals surface area contributed by atoms with Gasteiger partial charge in [0.05, 0.1) is 10.7 Å². The Morgan fingerprint density at radius 2 is 2.03 bits per heavy atom. The van der Waals surface area contributed by atoms with Gasteiger partial charge < -0.3 is 16.3 Å². The molecule has 0 bridgehead atoms. The molecule has 1 heterocycles. The van der Waals surface area contributed by atoms with Crippen LogP contribution in [-0.2, 0) is 13.0 Å². The number of halogens is 2. The van der Waals surface area contributed by atoms with Crippen LogP contribution in [0.5, 0.6) is 5.75 Å². The van der Waals surface area contributed by atoms with Crippen molar-refractivity contribution in [1.29, 1.82) is 0 Å². The van der Waals surface area contributed by atoms with E-state index in [9.17, 15) is 4.79 Å². The van der Waals surface area contributed by atoms with Gasteiger partial charge in [-0.05, 0) is 48.9 Å². The zero-order valence-electron chi connectivity index (χ0n) is 16.8. The van der Waals surface area contributed by atoms with E-state index in [2.05, 4.69) is 17.0 Å². The molecule has 0 amide bonds. The number of carbonyl (C=O) groups is 1. The molecule has 1 atom stereocenters. The molecular weight excluding hydrogens is 423 g/mol. The fraction of sp³-hybridized carbons (Fsp3) is 0.409. The highest BCUT2D eigenvalue weighted by Crippen LogP contribution is 2.52. The van der Waals surface area contributed by atoms with Gasteiger partial charge in [0.25, 0.3) is 0 Å². The molecule has 0 saturated heterocycles. The van der Waals surface area contributed by atoms with Crippen molar-refractivity contribution in [3.63, 3.8) is 0 Å². The van der Waals surface area contributed by atoms with Gasteiger partial charge in [0.1, 0.15) is 17.4 Å². The SMILES string of the molecule is CC1(C2CCCC2)Cc2cc(OCc3ccc(/C(N)=N/N)cn3)c(Cl)c(Cl)c2C1=O. The van der Waals surface area contributed by atoms with Gasteiger partial charge in [-0.2, -0.15) is 5.10 Å². The smallest absolute Gasteiger partial charge is 0.171 e. The van der Waals surface area contributed by atoms with E-state index in [0.29, 0.717) is 34.9 Å². The molecule has 1 aromatic carbocycles. The number of hydrogen-bond acceptors (Lipinski definition) is 5. The molecular formula is C22H24Cl2N4O2. The number of Topliss-reactive ketones (excluding diaryl/α,β-unsaturated/α-hetero) is 1. The van der Waals surface area contributed by atoms with Crippen molar-refractivity contribution in [1.82, 2.24) is 4.98 Å². The lowest BCUT2D eigenvalue weighted by molar-refractivity contribution is 0.0744. The zero-order valence-corrected chi connectivity index (χ0v) is 18.3. The summed E-state index contributed by atoms with van der Waals surface area (Å²) in [6.07, 6.45) is 6.79. The van der Waals surface area contributed by atoms with Gasteiger partial charge in [-0.25, -0.2) is 0 Å². The Hall–Kier alpha value is -2.31. The first-order valence-electron chi connectivity index (χ1n) is 10.0. The number of carbonyl (C=O) groups excluding carboxylic acids is 1. The van der Waals surface area contributed by atoms with E-state index in [4.69, 9.17) is 39.5 Å². The fourth-order valence-corrected chi connectivity index (χ4v) is 5.19. The van der Waals surface area contributed by atoms with E-state index in [1.807, 2.05) is 6.07 Å². The Morgan fingerprint density at radius 1 is 1.30 bits per heavy atom. The van der Waals surface area contributed by atoms with Crippen LogP contribution in [0.15, 0.2) is 29.5 Å². The van der Waals surface area contributed by atoms with Crippen molar-refractivity contribution in [3.8, 4) is 5.75 Å². The van der Waals surface area contributed by atoms with Gasteiger partial charge in [-0.1, -0.05) is 43.0 Å². The van der Waals surface area contributed by atoms with Crippen molar-refractivity contribution in [2.75, 3.05) is 0 Å². The maximum Gasteiger partial charge on any atom is 0.171 e. The van der Waals surface area contributed by atoms with E-state index in [1.165, 1.54) is 12.8 Å². The standard InChI is InChI=1S/C22H24Cl2N4O2/c1-22(14-4-2-3-5-14)9-13-8-16(18(23)19(24)17(13)20(22)29)30-11-15-7-6-12(10-27-15)21(25)28-26/h6-8,10,14H,2-5,9,11,26H2,1H3,(H2,25,28). The summed E-state index contributed by atoms with van der Waals surface area (Å²) in [4.78, 5) is 17.6. The number of nitrogens with zero attached hydrogens (tertiary/aromatic N) is 2. The normalized spacial score (nSPS) is 21.8. The lowest BCUT2D eigenvalue weighted by Crippen LogP contribution is -2.32. The average molecular weight is 447 g/mol. The number of nitrogens with two attached hydrogens (primary N) is 2. The van der Waals surface area contributed by atoms with E-state index in [0.717, 1.165) is 18.4 Å². The van der Waals surface area contributed by atoms with Gasteiger partial charge in [0.2, 0.25) is 0 Å². The summed E-state index contributed by atoms with van der Waals surface area (Å²) in [5.74, 6) is 6.35. The Labute approximate surface area is 185 Å². The van der Waals surface area contributed by atoms with Crippen LogP contribution in [0.3, 0.4) is 0 Å². The Balaban J connectivity index is 1.56. The van der Waals surface area contributed by atoms with E-state index >= 15 is 0 Å². The Morgan fingerprint density at radius 3 is 2.67 bits per heavy atom. The zero-order chi connectivity index (χ0) is 21.5. The van der Waals surface area contributed by atoms with Crippen LogP contribution >= 0.6 is 23.2 Å². The van der Waals surface area contributed by atoms with Crippen LogP contribution in [0, 0.1) is 11.3 Å². The molecule has 4 rings (SSSR count). The van der Waals surface area contributed by atoms with Crippen molar-refractivity contribution in [2.45, 2.75) is 45.6 Å². The highest BCUT2D eigenvalue weighted by Gasteiger charge is 2.49. The largest absolute Gasteiger partial charge is 0.486 e. The van der Waals surface area contributed by atoms with Gasteiger partial charge in [-0.15, -0.1) is 0 Å². The summed E-state index contributed by atoms with van der Waals surface area (Å²) in [7, 11) is 0. The molecule has 8 heteroatoms. The summed E-state index contributed by atoms with van der Waals surface area (Å²) in [6, 6.07) is 5.40. The minimum absolute atomic E-state index is 0.110. The molecule has 1 aromatic heterocycles. The number of pyridine rings is 1. The molecule has 0 aliphatic heterocycles. The van der Waals surface area contributed by atoms with Gasteiger partial charge in [0, 0.05) is 22.7 Å². The van der Waals surface area contributed by atoms with Crippen LogP contribution in [0.25, 0.3) is 0 Å². The highest BCUT2D eigenvalue weighted by molar-refractivity contribution is 6.45. The topological polar surface area (TPSA) is 104 Å². The number of hydrazone groups is 1. The summed E-state index contributed by atoms with van der Waals surface area (Å²) in [5, 5.41) is 3.99. The molecule has 0 spiro atoms. The van der Waals surface area contributed by atoms with Crippen molar-refractivity contribution in [2.24, 2.45) is 28.0 Å². The quantitative estimate of drug-likeness (QED) is 0.304. The second-order valence-corrected chi connectivity index (χ2v) is 9.04. The molecule has 2 aliphatic carbocycles. The fourth-order valence-electron chi connectivity index (χ4n) is 4.68. The number of rotatable bonds is 5. The number of hydrogen-bond donors (Lipinski definition) is 2. The van der Waals surface area contributed by atoms with Crippen LogP contribution in [0.4, 0.5) is 0 Å². The predicted octanol–water partition coefficient (Wildman–Crippen LogP) is 4.48. The maximum absolute atomic E-state index is 13.3. The number of ether oxygens (including phenoxy) is 1. The lowest BCUT2D eigenvalue weighted by Gasteiger charge is -2.29. The van der Waals surface area contributed by atoms with Crippen molar-refractivity contribution in [3.05, 3.63) is 56.8 Å². The maximum atomic E-state index is 13.3. The third-order valence-corrected chi connectivity index (χ3v) is 7.30. The summed E-state index contributed by atoms with van der Waals surface area (Å²) in [5.41, 5.74) is 8.04. The Kier molecular flexibility index (Phi) is 5.64. The average Bonchev–Trinajstić information content (AvgIpc) is 3.38. The third-order valence-electron chi connectivity index (χ3n) is 6.45. The first kappa shape index (κ1) is 20.9. The van der Waals surface area contributed by atoms with Crippen LogP contribution in [0.1, 0.15) is 59.8 Å². The molecule has 30 heavy (non-hydrogen) atoms. The van der Waals surface area contributed by atoms with Gasteiger partial charge in [-0.3, -0.25) is 9.78 Å². The molecule has 6 nitrogen and oxygen atoms in total. The molecule has 2 aromatic rings. The Bertz CT molecular complexity index is 1020. The summed E-state index contributed by atoms with van der Waals surface area (Å²) < 4.78 is 5.91. The molecule has 1 unspecified atom stereocenters. The number of fused-ring (bicyclic) bond motifs is 1. The first-order valence-corrected chi connectivity index (χ1v) is 10.8. The second-order valence-electron chi connectivity index (χ2n) is 8.28. The van der Waals surface area contributed by atoms with Gasteiger partial charge in [0.15, 0.2) is 11.6 Å². The third kappa shape index (κ3) is 3.52. The summed E-state index contributed by atoms with van der Waals surface area (Å²) >= 11 is 13.0. The molecule has 1 saturated carbocycles. The first-order chi connectivity index (χ1) is 14.3. The molecule has 2 aliphatic rings. The number of ketones is 1. The van der Waals surface area contributed by atoms with E-state index in [1.54, 1.807) is 18.3 Å². The van der Waals surface area contributed by atoms with E-state index < -0.39 is 5.41 Å². The number of amidine groups is 1. The van der Waals surface area contributed by atoms with Crippen LogP contribution in [-0.4, -0.2) is 16.6 Å². The van der Waals surface area contributed by atoms with E-state index in [-0.39, 0.29) is 28.3 Å². The predicted molar refractivity (Wildman–Crippen MR) is 118 cm³/mol. The lowest BCUT2D eigenvalue weighted by atomic mass is 9.73. The monoisotopic (exact) mass is 446 g/mol. The van der Waals surface area contributed by atoms with Crippen molar-refractivity contribution < 1.29 is 9.53 Å². The molecule has 4 N–H and O–H groups in total. The molecule has 1 fully saturated rings. The second kappa shape index (κ2) is 8.08. The number of benzene rings is 1.